The van der Waals surface area contributed by atoms with Gasteiger partial charge in [-0.25, -0.2) is 13.2 Å². The van der Waals surface area contributed by atoms with Gasteiger partial charge >= 0.3 is 0 Å². The van der Waals surface area contributed by atoms with Crippen LogP contribution in [-0.2, 0) is 0 Å². The van der Waals surface area contributed by atoms with E-state index < -0.39 is 23.2 Å². The first kappa shape index (κ1) is 12.4. The zero-order valence-corrected chi connectivity index (χ0v) is 9.51. The molecule has 18 heavy (non-hydrogen) atoms. The van der Waals surface area contributed by atoms with Crippen LogP contribution in [0.15, 0.2) is 36.4 Å². The van der Waals surface area contributed by atoms with Crippen LogP contribution in [0.5, 0.6) is 0 Å². The second-order valence-corrected chi connectivity index (χ2v) is 3.87. The molecule has 0 heterocycles. The fourth-order valence-electron chi connectivity index (χ4n) is 1.68. The number of Topliss-reactive ketones (excluding diaryl/α,β-unsaturated/α-hetero) is 1. The van der Waals surface area contributed by atoms with E-state index in [-0.39, 0.29) is 16.7 Å². The summed E-state index contributed by atoms with van der Waals surface area (Å²) in [6.07, 6.45) is 0. The Kier molecular flexibility index (Phi) is 3.19. The predicted octanol–water partition coefficient (Wildman–Crippen LogP) is 3.97. The van der Waals surface area contributed by atoms with Gasteiger partial charge < -0.3 is 0 Å². The topological polar surface area (TPSA) is 17.1 Å². The zero-order chi connectivity index (χ0) is 13.3. The van der Waals surface area contributed by atoms with Crippen molar-refractivity contribution in [2.45, 2.75) is 6.92 Å². The van der Waals surface area contributed by atoms with Gasteiger partial charge in [-0.05, 0) is 42.8 Å². The molecular formula is C14H9F3O. The molecule has 0 atom stereocenters. The molecule has 4 heteroatoms. The smallest absolute Gasteiger partial charge is 0.162 e. The summed E-state index contributed by atoms with van der Waals surface area (Å²) in [7, 11) is 0. The van der Waals surface area contributed by atoms with Crippen LogP contribution >= 0.6 is 0 Å². The summed E-state index contributed by atoms with van der Waals surface area (Å²) in [5.74, 6) is -2.37. The number of carbonyl (C=O) groups is 1. The maximum atomic E-state index is 13.5. The van der Waals surface area contributed by atoms with Crippen LogP contribution in [-0.4, -0.2) is 5.78 Å². The molecule has 0 aliphatic rings. The fourth-order valence-corrected chi connectivity index (χ4v) is 1.68. The van der Waals surface area contributed by atoms with Gasteiger partial charge in [-0.3, -0.25) is 4.79 Å². The van der Waals surface area contributed by atoms with Crippen LogP contribution in [0, 0.1) is 17.5 Å². The van der Waals surface area contributed by atoms with E-state index in [1.54, 1.807) is 0 Å². The summed E-state index contributed by atoms with van der Waals surface area (Å²) in [6, 6.07) is 6.58. The Bertz CT molecular complexity index is 620. The van der Waals surface area contributed by atoms with Crippen molar-refractivity contribution < 1.29 is 18.0 Å². The molecule has 0 spiro atoms. The normalized spacial score (nSPS) is 10.4. The molecule has 1 nitrogen and oxygen atoms in total. The number of carbonyl (C=O) groups excluding carboxylic acids is 1. The maximum absolute atomic E-state index is 13.5. The summed E-state index contributed by atoms with van der Waals surface area (Å²) >= 11 is 0. The minimum absolute atomic E-state index is 0.00231. The minimum Gasteiger partial charge on any atom is -0.294 e. The van der Waals surface area contributed by atoms with E-state index in [0.29, 0.717) is 0 Å². The van der Waals surface area contributed by atoms with Gasteiger partial charge in [-0.1, -0.05) is 6.07 Å². The molecule has 2 aromatic rings. The Morgan fingerprint density at radius 1 is 0.944 bits per heavy atom. The number of hydrogen-bond acceptors (Lipinski definition) is 1. The fraction of sp³-hybridized carbons (Fsp3) is 0.0714. The summed E-state index contributed by atoms with van der Waals surface area (Å²) in [5, 5.41) is 0. The van der Waals surface area contributed by atoms with Gasteiger partial charge in [0.15, 0.2) is 5.78 Å². The van der Waals surface area contributed by atoms with Crippen LogP contribution in [0.25, 0.3) is 11.1 Å². The quantitative estimate of drug-likeness (QED) is 0.737. The van der Waals surface area contributed by atoms with Crippen molar-refractivity contribution in [2.24, 2.45) is 0 Å². The van der Waals surface area contributed by atoms with Crippen molar-refractivity contribution in [1.82, 2.24) is 0 Å². The summed E-state index contributed by atoms with van der Waals surface area (Å²) < 4.78 is 39.9. The highest BCUT2D eigenvalue weighted by Gasteiger charge is 2.12. The lowest BCUT2D eigenvalue weighted by molar-refractivity contribution is 0.101. The van der Waals surface area contributed by atoms with E-state index in [1.807, 2.05) is 0 Å². The highest BCUT2D eigenvalue weighted by molar-refractivity contribution is 5.95. The summed E-state index contributed by atoms with van der Waals surface area (Å²) in [5.41, 5.74) is 0.118. The van der Waals surface area contributed by atoms with Gasteiger partial charge in [0.05, 0.1) is 5.56 Å². The van der Waals surface area contributed by atoms with Crippen molar-refractivity contribution in [3.05, 3.63) is 59.4 Å². The average Bonchev–Trinajstić information content (AvgIpc) is 2.33. The third-order valence-electron chi connectivity index (χ3n) is 2.59. The van der Waals surface area contributed by atoms with Gasteiger partial charge in [0.1, 0.15) is 17.5 Å². The molecule has 0 unspecified atom stereocenters. The highest BCUT2D eigenvalue weighted by Crippen LogP contribution is 2.25. The molecule has 0 aliphatic heterocycles. The molecule has 0 amide bonds. The Hall–Kier alpha value is -2.10. The molecule has 0 bridgehead atoms. The Morgan fingerprint density at radius 3 is 2.28 bits per heavy atom. The molecule has 92 valence electrons. The van der Waals surface area contributed by atoms with Crippen molar-refractivity contribution >= 4 is 5.78 Å². The van der Waals surface area contributed by atoms with Crippen LogP contribution in [0.4, 0.5) is 13.2 Å². The van der Waals surface area contributed by atoms with E-state index in [0.717, 1.165) is 24.3 Å². The number of benzene rings is 2. The molecule has 0 aromatic heterocycles. The number of hydrogen-bond donors (Lipinski definition) is 0. The van der Waals surface area contributed by atoms with Crippen molar-refractivity contribution in [1.29, 1.82) is 0 Å². The van der Waals surface area contributed by atoms with Crippen LogP contribution in [0.1, 0.15) is 17.3 Å². The first-order chi connectivity index (χ1) is 8.49. The lowest BCUT2D eigenvalue weighted by Gasteiger charge is -2.06. The van der Waals surface area contributed by atoms with Gasteiger partial charge in [0, 0.05) is 5.56 Å². The first-order valence-electron chi connectivity index (χ1n) is 5.25. The van der Waals surface area contributed by atoms with E-state index in [2.05, 4.69) is 0 Å². The number of ketones is 1. The molecule has 2 aromatic carbocycles. The Balaban J connectivity index is 2.61. The van der Waals surface area contributed by atoms with E-state index in [9.17, 15) is 18.0 Å². The van der Waals surface area contributed by atoms with Gasteiger partial charge in [-0.2, -0.15) is 0 Å². The second kappa shape index (κ2) is 4.64. The van der Waals surface area contributed by atoms with Crippen molar-refractivity contribution in [3.8, 4) is 11.1 Å². The number of halogens is 3. The summed E-state index contributed by atoms with van der Waals surface area (Å²) in [4.78, 5) is 11.2. The third-order valence-corrected chi connectivity index (χ3v) is 2.59. The molecule has 0 radical (unpaired) electrons. The maximum Gasteiger partial charge on any atom is 0.162 e. The molecule has 0 fully saturated rings. The molecule has 0 N–H and O–H groups in total. The highest BCUT2D eigenvalue weighted by atomic mass is 19.1. The van der Waals surface area contributed by atoms with Gasteiger partial charge in [0.2, 0.25) is 0 Å². The van der Waals surface area contributed by atoms with E-state index in [1.165, 1.54) is 19.1 Å². The first-order valence-corrected chi connectivity index (χ1v) is 5.25. The second-order valence-electron chi connectivity index (χ2n) is 3.87. The lowest BCUT2D eigenvalue weighted by atomic mass is 10.0. The summed E-state index contributed by atoms with van der Waals surface area (Å²) in [6.45, 7) is 1.21. The Labute approximate surface area is 102 Å². The molecule has 0 aliphatic carbocycles. The van der Waals surface area contributed by atoms with Crippen LogP contribution in [0.3, 0.4) is 0 Å². The molecule has 0 saturated heterocycles. The van der Waals surface area contributed by atoms with Gasteiger partial charge in [-0.15, -0.1) is 0 Å². The monoisotopic (exact) mass is 250 g/mol. The zero-order valence-electron chi connectivity index (χ0n) is 9.51. The van der Waals surface area contributed by atoms with Gasteiger partial charge in [0.25, 0.3) is 0 Å². The molecule has 2 rings (SSSR count). The van der Waals surface area contributed by atoms with E-state index >= 15 is 0 Å². The van der Waals surface area contributed by atoms with Crippen LogP contribution < -0.4 is 0 Å². The van der Waals surface area contributed by atoms with E-state index in [4.69, 9.17) is 0 Å². The largest absolute Gasteiger partial charge is 0.294 e. The Morgan fingerprint density at radius 2 is 1.61 bits per heavy atom. The van der Waals surface area contributed by atoms with Crippen molar-refractivity contribution in [2.75, 3.05) is 0 Å². The number of rotatable bonds is 2. The standard InChI is InChI=1S/C14H9F3O/c1-8(18)11-6-9(2-4-13(11)16)12-7-10(15)3-5-14(12)17/h2-7H,1H3. The molecule has 0 saturated carbocycles. The molecular weight excluding hydrogens is 241 g/mol. The SMILES string of the molecule is CC(=O)c1cc(-c2cc(F)ccc2F)ccc1F. The van der Waals surface area contributed by atoms with Crippen molar-refractivity contribution in [3.63, 3.8) is 0 Å². The average molecular weight is 250 g/mol. The van der Waals surface area contributed by atoms with Crippen LogP contribution in [0.2, 0.25) is 0 Å². The third kappa shape index (κ3) is 2.27. The lowest BCUT2D eigenvalue weighted by Crippen LogP contribution is -1.98. The minimum atomic E-state index is -0.678. The predicted molar refractivity (Wildman–Crippen MR) is 61.8 cm³/mol.